The SMILES string of the molecule is O=CO[C@@H]1Cc2c([nH]c3ccccc23)C2(N1)C(=O)C(c1c[nH]c3ccccc13)=C(c1c[nH]c3ccccc13)C2=O. The molecule has 3 aromatic heterocycles. The number of aromatic amines is 3. The van der Waals surface area contributed by atoms with E-state index in [1.165, 1.54) is 0 Å². The maximum atomic E-state index is 14.9. The van der Waals surface area contributed by atoms with Crippen molar-refractivity contribution in [2.45, 2.75) is 18.2 Å². The summed E-state index contributed by atoms with van der Waals surface area (Å²) >= 11 is 0. The van der Waals surface area contributed by atoms with Gasteiger partial charge in [-0.15, -0.1) is 0 Å². The van der Waals surface area contributed by atoms with Crippen molar-refractivity contribution < 1.29 is 19.1 Å². The van der Waals surface area contributed by atoms with E-state index < -0.39 is 23.3 Å². The van der Waals surface area contributed by atoms with E-state index in [0.717, 1.165) is 38.3 Å². The lowest BCUT2D eigenvalue weighted by Gasteiger charge is -2.36. The van der Waals surface area contributed by atoms with E-state index in [1.54, 1.807) is 12.4 Å². The highest BCUT2D eigenvalue weighted by Crippen LogP contribution is 2.50. The lowest BCUT2D eigenvalue weighted by Crippen LogP contribution is -2.60. The summed E-state index contributed by atoms with van der Waals surface area (Å²) in [5.41, 5.74) is 3.89. The number of aromatic nitrogens is 3. The zero-order valence-electron chi connectivity index (χ0n) is 21.1. The van der Waals surface area contributed by atoms with Crippen molar-refractivity contribution >= 4 is 61.9 Å². The zero-order valence-corrected chi connectivity index (χ0v) is 21.1. The van der Waals surface area contributed by atoms with E-state index in [0.29, 0.717) is 40.9 Å². The summed E-state index contributed by atoms with van der Waals surface area (Å²) in [7, 11) is 0. The number of carbonyl (C=O) groups is 3. The molecule has 194 valence electrons. The van der Waals surface area contributed by atoms with Gasteiger partial charge in [0.2, 0.25) is 0 Å². The van der Waals surface area contributed by atoms with Crippen molar-refractivity contribution in [1.29, 1.82) is 0 Å². The largest absolute Gasteiger partial charge is 0.448 e. The molecule has 1 spiro atoms. The first-order chi connectivity index (χ1) is 19.6. The Bertz CT molecular complexity index is 1980. The zero-order chi connectivity index (χ0) is 27.0. The number of H-pyrrole nitrogens is 3. The summed E-state index contributed by atoms with van der Waals surface area (Å²) in [4.78, 5) is 51.3. The van der Waals surface area contributed by atoms with Gasteiger partial charge >= 0.3 is 0 Å². The molecule has 0 saturated heterocycles. The number of nitrogens with one attached hydrogen (secondary N) is 4. The number of hydrogen-bond acceptors (Lipinski definition) is 5. The fourth-order valence-corrected chi connectivity index (χ4v) is 6.57. The number of Topliss-reactive ketones (excluding diaryl/α,β-unsaturated/α-hetero) is 2. The van der Waals surface area contributed by atoms with Gasteiger partial charge in [0.15, 0.2) is 23.3 Å². The molecule has 40 heavy (non-hydrogen) atoms. The van der Waals surface area contributed by atoms with Crippen LogP contribution < -0.4 is 5.32 Å². The highest BCUT2D eigenvalue weighted by atomic mass is 16.5. The van der Waals surface area contributed by atoms with Crippen molar-refractivity contribution in [2.75, 3.05) is 0 Å². The molecule has 0 fully saturated rings. The van der Waals surface area contributed by atoms with E-state index in [-0.39, 0.29) is 0 Å². The van der Waals surface area contributed by atoms with E-state index >= 15 is 0 Å². The minimum atomic E-state index is -1.80. The van der Waals surface area contributed by atoms with Gasteiger partial charge in [-0.2, -0.15) is 0 Å². The molecule has 3 aromatic carbocycles. The molecule has 2 aliphatic rings. The third-order valence-electron chi connectivity index (χ3n) is 8.28. The van der Waals surface area contributed by atoms with Gasteiger partial charge in [0.1, 0.15) is 0 Å². The molecule has 0 radical (unpaired) electrons. The maximum absolute atomic E-state index is 14.9. The van der Waals surface area contributed by atoms with Crippen LogP contribution in [0.25, 0.3) is 43.9 Å². The van der Waals surface area contributed by atoms with Crippen LogP contribution in [0.15, 0.2) is 85.2 Å². The van der Waals surface area contributed by atoms with Crippen molar-refractivity contribution in [3.05, 3.63) is 108 Å². The molecule has 0 amide bonds. The number of carbonyl (C=O) groups excluding carboxylic acids is 3. The van der Waals surface area contributed by atoms with Crippen LogP contribution in [-0.2, 0) is 31.1 Å². The van der Waals surface area contributed by atoms with Crippen LogP contribution in [0.5, 0.6) is 0 Å². The quantitative estimate of drug-likeness (QED) is 0.196. The number of benzene rings is 3. The lowest BCUT2D eigenvalue weighted by atomic mass is 9.80. The molecule has 0 saturated carbocycles. The molecule has 1 aliphatic carbocycles. The van der Waals surface area contributed by atoms with Crippen LogP contribution in [0.2, 0.25) is 0 Å². The fraction of sp³-hybridized carbons (Fsp3) is 0.0938. The van der Waals surface area contributed by atoms with Gasteiger partial charge in [0.05, 0.1) is 5.69 Å². The van der Waals surface area contributed by atoms with E-state index in [2.05, 4.69) is 20.3 Å². The third-order valence-corrected chi connectivity index (χ3v) is 8.28. The molecule has 4 heterocycles. The third kappa shape index (κ3) is 2.85. The van der Waals surface area contributed by atoms with Crippen molar-refractivity contribution in [2.24, 2.45) is 0 Å². The predicted molar refractivity (Wildman–Crippen MR) is 151 cm³/mol. The predicted octanol–water partition coefficient (Wildman–Crippen LogP) is 4.73. The Labute approximate surface area is 227 Å². The van der Waals surface area contributed by atoms with Crippen LogP contribution in [0, 0.1) is 0 Å². The van der Waals surface area contributed by atoms with Crippen molar-refractivity contribution in [1.82, 2.24) is 20.3 Å². The lowest BCUT2D eigenvalue weighted by molar-refractivity contribution is -0.142. The Hall–Kier alpha value is -5.21. The molecule has 6 aromatic rings. The van der Waals surface area contributed by atoms with Crippen LogP contribution in [0.1, 0.15) is 22.4 Å². The minimum Gasteiger partial charge on any atom is -0.448 e. The Kier molecular flexibility index (Phi) is 4.63. The molecule has 1 atom stereocenters. The molecule has 4 N–H and O–H groups in total. The van der Waals surface area contributed by atoms with Crippen molar-refractivity contribution in [3.63, 3.8) is 0 Å². The highest BCUT2D eigenvalue weighted by Gasteiger charge is 2.61. The molecule has 0 unspecified atom stereocenters. The number of ketones is 2. The monoisotopic (exact) mass is 526 g/mol. The van der Waals surface area contributed by atoms with Gasteiger partial charge < -0.3 is 19.7 Å². The topological polar surface area (TPSA) is 120 Å². The molecule has 8 nitrogen and oxygen atoms in total. The first kappa shape index (κ1) is 22.7. The second-order valence-corrected chi connectivity index (χ2v) is 10.2. The number of fused-ring (bicyclic) bond motifs is 6. The molecular weight excluding hydrogens is 504 g/mol. The molecule has 1 aliphatic heterocycles. The average molecular weight is 527 g/mol. The first-order valence-electron chi connectivity index (χ1n) is 13.1. The van der Waals surface area contributed by atoms with Crippen molar-refractivity contribution in [3.8, 4) is 0 Å². The number of hydrogen-bond donors (Lipinski definition) is 4. The molecular formula is C32H22N4O4. The summed E-state index contributed by atoms with van der Waals surface area (Å²) in [5, 5.41) is 5.73. The van der Waals surface area contributed by atoms with Crippen LogP contribution in [0.3, 0.4) is 0 Å². The Morgan fingerprint density at radius 1 is 0.725 bits per heavy atom. The highest BCUT2D eigenvalue weighted by molar-refractivity contribution is 6.57. The second-order valence-electron chi connectivity index (χ2n) is 10.2. The van der Waals surface area contributed by atoms with Crippen LogP contribution in [-0.4, -0.2) is 39.2 Å². The average Bonchev–Trinajstić information content (AvgIpc) is 3.73. The van der Waals surface area contributed by atoms with Gasteiger partial charge in [-0.25, -0.2) is 0 Å². The van der Waals surface area contributed by atoms with Gasteiger partial charge in [-0.1, -0.05) is 54.6 Å². The Morgan fingerprint density at radius 2 is 1.25 bits per heavy atom. The van der Waals surface area contributed by atoms with Gasteiger partial charge in [0, 0.05) is 73.8 Å². The standard InChI is InChI=1S/C32H22N4O4/c37-16-40-26-13-20-17-7-3-6-12-25(17)35-29(20)32(36-26)30(38)27(21-14-33-23-10-4-1-8-18(21)23)28(31(32)39)22-15-34-24-11-5-2-9-19(22)24/h1-12,14-16,26,33-36H,13H2/t26-/m1/s1. The first-order valence-corrected chi connectivity index (χ1v) is 13.1. The van der Waals surface area contributed by atoms with Crippen LogP contribution in [0.4, 0.5) is 0 Å². The summed E-state index contributed by atoms with van der Waals surface area (Å²) in [6.07, 6.45) is 3.01. The molecule has 8 heteroatoms. The second kappa shape index (κ2) is 8.14. The van der Waals surface area contributed by atoms with Gasteiger partial charge in [-0.3, -0.25) is 19.7 Å². The molecule has 8 rings (SSSR count). The van der Waals surface area contributed by atoms with E-state index in [4.69, 9.17) is 4.74 Å². The van der Waals surface area contributed by atoms with Gasteiger partial charge in [-0.05, 0) is 23.8 Å². The summed E-state index contributed by atoms with van der Waals surface area (Å²) < 4.78 is 5.39. The fourth-order valence-electron chi connectivity index (χ4n) is 6.57. The number of para-hydroxylation sites is 3. The Morgan fingerprint density at radius 3 is 1.82 bits per heavy atom. The number of rotatable bonds is 4. The minimum absolute atomic E-state index is 0.311. The summed E-state index contributed by atoms with van der Waals surface area (Å²) in [6, 6.07) is 23.1. The maximum Gasteiger partial charge on any atom is 0.294 e. The molecule has 0 bridgehead atoms. The normalized spacial score (nSPS) is 18.4. The van der Waals surface area contributed by atoms with E-state index in [9.17, 15) is 14.4 Å². The summed E-state index contributed by atoms with van der Waals surface area (Å²) in [5.74, 6) is -0.788. The summed E-state index contributed by atoms with van der Waals surface area (Å²) in [6.45, 7) is 0.351. The number of ether oxygens (including phenoxy) is 1. The smallest absolute Gasteiger partial charge is 0.294 e. The Balaban J connectivity index is 1.46. The van der Waals surface area contributed by atoms with Gasteiger partial charge in [0.25, 0.3) is 6.47 Å². The van der Waals surface area contributed by atoms with Crippen LogP contribution >= 0.6 is 0 Å². The van der Waals surface area contributed by atoms with E-state index in [1.807, 2.05) is 72.8 Å².